The maximum Gasteiger partial charge on any atom is 0.246 e. The molecule has 0 atom stereocenters. The summed E-state index contributed by atoms with van der Waals surface area (Å²) >= 11 is 0. The lowest BCUT2D eigenvalue weighted by atomic mass is 9.94. The SMILES string of the molecule is CN(N)C(=O)C1(c2cc(F)ccc2F)CC1. The topological polar surface area (TPSA) is 46.3 Å². The third kappa shape index (κ3) is 1.57. The van der Waals surface area contributed by atoms with E-state index < -0.39 is 17.0 Å². The number of amides is 1. The van der Waals surface area contributed by atoms with E-state index >= 15 is 0 Å². The van der Waals surface area contributed by atoms with Crippen molar-refractivity contribution in [3.05, 3.63) is 35.4 Å². The van der Waals surface area contributed by atoms with Crippen LogP contribution in [0.15, 0.2) is 18.2 Å². The largest absolute Gasteiger partial charge is 0.283 e. The highest BCUT2D eigenvalue weighted by Crippen LogP contribution is 2.50. The van der Waals surface area contributed by atoms with E-state index in [4.69, 9.17) is 5.84 Å². The van der Waals surface area contributed by atoms with Gasteiger partial charge >= 0.3 is 0 Å². The highest BCUT2D eigenvalue weighted by Gasteiger charge is 2.53. The van der Waals surface area contributed by atoms with Crippen LogP contribution in [0, 0.1) is 11.6 Å². The summed E-state index contributed by atoms with van der Waals surface area (Å²) in [5, 5.41) is 0.928. The molecule has 0 bridgehead atoms. The van der Waals surface area contributed by atoms with Gasteiger partial charge < -0.3 is 0 Å². The van der Waals surface area contributed by atoms with Gasteiger partial charge in [0, 0.05) is 12.6 Å². The molecule has 0 aliphatic heterocycles. The molecule has 0 unspecified atom stereocenters. The summed E-state index contributed by atoms with van der Waals surface area (Å²) in [5.41, 5.74) is -0.842. The molecule has 0 saturated heterocycles. The van der Waals surface area contributed by atoms with Crippen LogP contribution in [0.5, 0.6) is 0 Å². The lowest BCUT2D eigenvalue weighted by molar-refractivity contribution is -0.132. The number of carbonyl (C=O) groups is 1. The minimum Gasteiger partial charge on any atom is -0.283 e. The Bertz CT molecular complexity index is 442. The number of nitrogens with two attached hydrogens (primary N) is 1. The first-order chi connectivity index (χ1) is 7.47. The van der Waals surface area contributed by atoms with E-state index in [9.17, 15) is 13.6 Å². The number of halogens is 2. The first-order valence-electron chi connectivity index (χ1n) is 4.96. The quantitative estimate of drug-likeness (QED) is 0.470. The van der Waals surface area contributed by atoms with Crippen LogP contribution in [0.1, 0.15) is 18.4 Å². The van der Waals surface area contributed by atoms with Gasteiger partial charge in [0.15, 0.2) is 0 Å². The Morgan fingerprint density at radius 1 is 1.44 bits per heavy atom. The average molecular weight is 226 g/mol. The predicted octanol–water partition coefficient (Wildman–Crippen LogP) is 1.33. The van der Waals surface area contributed by atoms with Crippen LogP contribution in [0.25, 0.3) is 0 Å². The van der Waals surface area contributed by atoms with Crippen molar-refractivity contribution in [3.8, 4) is 0 Å². The lowest BCUT2D eigenvalue weighted by Gasteiger charge is -2.20. The molecule has 0 radical (unpaired) electrons. The van der Waals surface area contributed by atoms with Gasteiger partial charge in [-0.3, -0.25) is 9.80 Å². The highest BCUT2D eigenvalue weighted by molar-refractivity contribution is 5.90. The van der Waals surface area contributed by atoms with Crippen LogP contribution in [0.3, 0.4) is 0 Å². The summed E-state index contributed by atoms with van der Waals surface area (Å²) in [6.45, 7) is 0. The van der Waals surface area contributed by atoms with Crippen LogP contribution in [-0.2, 0) is 10.2 Å². The van der Waals surface area contributed by atoms with Crippen LogP contribution in [0.4, 0.5) is 8.78 Å². The maximum absolute atomic E-state index is 13.6. The molecule has 0 spiro atoms. The van der Waals surface area contributed by atoms with Crippen molar-refractivity contribution in [1.29, 1.82) is 0 Å². The predicted molar refractivity (Wildman–Crippen MR) is 54.2 cm³/mol. The summed E-state index contributed by atoms with van der Waals surface area (Å²) in [6, 6.07) is 3.14. The zero-order valence-electron chi connectivity index (χ0n) is 8.84. The summed E-state index contributed by atoms with van der Waals surface area (Å²) in [7, 11) is 1.40. The van der Waals surface area contributed by atoms with Crippen molar-refractivity contribution in [2.75, 3.05) is 7.05 Å². The van der Waals surface area contributed by atoms with E-state index in [0.717, 1.165) is 23.2 Å². The molecule has 2 N–H and O–H groups in total. The smallest absolute Gasteiger partial charge is 0.246 e. The molecule has 5 heteroatoms. The Morgan fingerprint density at radius 2 is 2.06 bits per heavy atom. The van der Waals surface area contributed by atoms with Gasteiger partial charge in [-0.25, -0.2) is 14.6 Å². The van der Waals surface area contributed by atoms with E-state index in [1.54, 1.807) is 0 Å². The number of hydrogen-bond acceptors (Lipinski definition) is 2. The molecule has 3 nitrogen and oxygen atoms in total. The van der Waals surface area contributed by atoms with E-state index in [1.807, 2.05) is 0 Å². The van der Waals surface area contributed by atoms with Crippen molar-refractivity contribution >= 4 is 5.91 Å². The molecule has 1 aliphatic carbocycles. The number of likely N-dealkylation sites (N-methyl/N-ethyl adjacent to an activating group) is 1. The number of benzene rings is 1. The number of hydrogen-bond donors (Lipinski definition) is 1. The third-order valence-electron chi connectivity index (χ3n) is 2.92. The first kappa shape index (κ1) is 11.0. The van der Waals surface area contributed by atoms with Crippen molar-refractivity contribution in [2.24, 2.45) is 5.84 Å². The Morgan fingerprint density at radius 3 is 2.56 bits per heavy atom. The van der Waals surface area contributed by atoms with Gasteiger partial charge in [-0.2, -0.15) is 0 Å². The van der Waals surface area contributed by atoms with Crippen molar-refractivity contribution < 1.29 is 13.6 Å². The third-order valence-corrected chi connectivity index (χ3v) is 2.92. The first-order valence-corrected chi connectivity index (χ1v) is 4.96. The zero-order chi connectivity index (χ0) is 11.9. The normalized spacial score (nSPS) is 17.0. The summed E-state index contributed by atoms with van der Waals surface area (Å²) < 4.78 is 26.6. The monoisotopic (exact) mass is 226 g/mol. The van der Waals surface area contributed by atoms with Crippen LogP contribution in [-0.4, -0.2) is 18.0 Å². The average Bonchev–Trinajstić information content (AvgIpc) is 3.01. The van der Waals surface area contributed by atoms with E-state index in [1.165, 1.54) is 7.05 Å². The summed E-state index contributed by atoms with van der Waals surface area (Å²) in [5.74, 6) is 3.87. The lowest BCUT2D eigenvalue weighted by Crippen LogP contribution is -2.41. The second-order valence-electron chi connectivity index (χ2n) is 4.12. The summed E-state index contributed by atoms with van der Waals surface area (Å²) in [6.07, 6.45) is 1.02. The Kier molecular flexibility index (Phi) is 2.42. The van der Waals surface area contributed by atoms with Crippen LogP contribution < -0.4 is 5.84 Å². The molecule has 1 aromatic rings. The molecule has 1 aromatic carbocycles. The number of nitrogens with zero attached hydrogens (tertiary/aromatic N) is 1. The molecule has 16 heavy (non-hydrogen) atoms. The molecule has 1 saturated carbocycles. The molecule has 2 rings (SSSR count). The van der Waals surface area contributed by atoms with Gasteiger partial charge in [-0.15, -0.1) is 0 Å². The van der Waals surface area contributed by atoms with Crippen molar-refractivity contribution in [3.63, 3.8) is 0 Å². The Hall–Kier alpha value is -1.49. The van der Waals surface area contributed by atoms with Gasteiger partial charge in [0.2, 0.25) is 5.91 Å². The number of carbonyl (C=O) groups excluding carboxylic acids is 1. The zero-order valence-corrected chi connectivity index (χ0v) is 8.84. The second kappa shape index (κ2) is 3.52. The summed E-state index contributed by atoms with van der Waals surface area (Å²) in [4.78, 5) is 11.8. The fourth-order valence-corrected chi connectivity index (χ4v) is 1.93. The minimum absolute atomic E-state index is 0.106. The van der Waals surface area contributed by atoms with Gasteiger partial charge in [-0.05, 0) is 31.0 Å². The molecule has 1 amide bonds. The van der Waals surface area contributed by atoms with Gasteiger partial charge in [0.25, 0.3) is 0 Å². The number of hydrazine groups is 1. The molecular weight excluding hydrogens is 214 g/mol. The van der Waals surface area contributed by atoms with Crippen molar-refractivity contribution in [1.82, 2.24) is 5.01 Å². The molecular formula is C11H12F2N2O. The molecule has 1 fully saturated rings. The standard InChI is InChI=1S/C11H12F2N2O/c1-15(14)10(16)11(4-5-11)8-6-7(12)2-3-9(8)13/h2-3,6H,4-5,14H2,1H3. The highest BCUT2D eigenvalue weighted by atomic mass is 19.1. The Balaban J connectivity index is 2.44. The van der Waals surface area contributed by atoms with Gasteiger partial charge in [0.05, 0.1) is 5.41 Å². The van der Waals surface area contributed by atoms with Gasteiger partial charge in [0.1, 0.15) is 11.6 Å². The molecule has 0 aromatic heterocycles. The van der Waals surface area contributed by atoms with E-state index in [0.29, 0.717) is 12.8 Å². The van der Waals surface area contributed by atoms with Crippen molar-refractivity contribution in [2.45, 2.75) is 18.3 Å². The molecule has 86 valence electrons. The second-order valence-corrected chi connectivity index (χ2v) is 4.12. The van der Waals surface area contributed by atoms with Crippen LogP contribution in [0.2, 0.25) is 0 Å². The molecule has 1 aliphatic rings. The van der Waals surface area contributed by atoms with E-state index in [-0.39, 0.29) is 11.5 Å². The van der Waals surface area contributed by atoms with E-state index in [2.05, 4.69) is 0 Å². The maximum atomic E-state index is 13.6. The fourth-order valence-electron chi connectivity index (χ4n) is 1.93. The Labute approximate surface area is 91.8 Å². The fraction of sp³-hybridized carbons (Fsp3) is 0.364. The van der Waals surface area contributed by atoms with Gasteiger partial charge in [-0.1, -0.05) is 0 Å². The molecule has 0 heterocycles. The van der Waals surface area contributed by atoms with Crippen LogP contribution >= 0.6 is 0 Å². The number of rotatable bonds is 2. The minimum atomic E-state index is -0.949.